The Morgan fingerprint density at radius 3 is 2.53 bits per heavy atom. The summed E-state index contributed by atoms with van der Waals surface area (Å²) in [7, 11) is 0. The Kier molecular flexibility index (Phi) is 6.61. The van der Waals surface area contributed by atoms with E-state index in [4.69, 9.17) is 14.7 Å². The van der Waals surface area contributed by atoms with Crippen LogP contribution in [0, 0.1) is 5.82 Å². The van der Waals surface area contributed by atoms with Crippen molar-refractivity contribution in [1.29, 1.82) is 0 Å². The molecule has 0 unspecified atom stereocenters. The van der Waals surface area contributed by atoms with Gasteiger partial charge in [-0.3, -0.25) is 4.79 Å². The second-order valence-corrected chi connectivity index (χ2v) is 8.85. The molecule has 10 heteroatoms. The van der Waals surface area contributed by atoms with E-state index in [9.17, 15) is 22.4 Å². The largest absolute Gasteiger partial charge is 0.416 e. The Labute approximate surface area is 205 Å². The molecule has 0 N–H and O–H groups in total. The molecule has 1 amide bonds. The van der Waals surface area contributed by atoms with Gasteiger partial charge in [0.15, 0.2) is 0 Å². The molecule has 3 heterocycles. The van der Waals surface area contributed by atoms with E-state index in [-0.39, 0.29) is 17.9 Å². The molecular weight excluding hydrogens is 476 g/mol. The van der Waals surface area contributed by atoms with Crippen molar-refractivity contribution < 1.29 is 27.1 Å². The topological polar surface area (TPSA) is 58.6 Å². The van der Waals surface area contributed by atoms with Crippen molar-refractivity contribution in [2.75, 3.05) is 37.7 Å². The van der Waals surface area contributed by atoms with Gasteiger partial charge in [0.2, 0.25) is 0 Å². The van der Waals surface area contributed by atoms with Gasteiger partial charge in [0, 0.05) is 43.6 Å². The molecule has 1 fully saturated rings. The third-order valence-corrected chi connectivity index (χ3v) is 6.37. The van der Waals surface area contributed by atoms with Gasteiger partial charge in [0.1, 0.15) is 17.5 Å². The maximum atomic E-state index is 13.7. The number of carbonyl (C=O) groups excluding carboxylic acids is 1. The van der Waals surface area contributed by atoms with E-state index in [0.29, 0.717) is 57.3 Å². The van der Waals surface area contributed by atoms with Crippen LogP contribution in [0.25, 0.3) is 0 Å². The highest BCUT2D eigenvalue weighted by atomic mass is 19.4. The van der Waals surface area contributed by atoms with E-state index in [1.54, 1.807) is 6.07 Å². The zero-order valence-corrected chi connectivity index (χ0v) is 19.4. The van der Waals surface area contributed by atoms with E-state index in [1.807, 2.05) is 6.07 Å². The summed E-state index contributed by atoms with van der Waals surface area (Å²) >= 11 is 0. The van der Waals surface area contributed by atoms with Gasteiger partial charge >= 0.3 is 6.18 Å². The lowest BCUT2D eigenvalue weighted by Gasteiger charge is -2.34. The third-order valence-electron chi connectivity index (χ3n) is 6.37. The fourth-order valence-electron chi connectivity index (χ4n) is 4.58. The summed E-state index contributed by atoms with van der Waals surface area (Å²) in [6.07, 6.45) is -3.73. The lowest BCUT2D eigenvalue weighted by atomic mass is 10.0. The molecule has 0 aliphatic carbocycles. The number of alkyl halides is 3. The summed E-state index contributed by atoms with van der Waals surface area (Å²) in [6, 6.07) is 10.8. The van der Waals surface area contributed by atoms with Crippen LogP contribution in [0.2, 0.25) is 0 Å². The molecule has 5 rings (SSSR count). The van der Waals surface area contributed by atoms with Crippen LogP contribution in [-0.2, 0) is 30.3 Å². The molecule has 3 aromatic rings. The SMILES string of the molecule is O=C(c1cccc(C(F)(F)F)c1)N1CCc2nc(Cc3cccc(F)c3)nc(N3CCOCC3)c2C1. The second-order valence-electron chi connectivity index (χ2n) is 8.85. The van der Waals surface area contributed by atoms with Gasteiger partial charge in [-0.1, -0.05) is 18.2 Å². The molecule has 1 saturated heterocycles. The number of aromatic nitrogens is 2. The predicted octanol–water partition coefficient (Wildman–Crippen LogP) is 4.26. The molecule has 2 aliphatic rings. The first-order chi connectivity index (χ1) is 17.3. The third kappa shape index (κ3) is 5.18. The Hall–Kier alpha value is -3.53. The van der Waals surface area contributed by atoms with Crippen molar-refractivity contribution in [3.8, 4) is 0 Å². The quantitative estimate of drug-likeness (QED) is 0.501. The van der Waals surface area contributed by atoms with Crippen LogP contribution in [0.3, 0.4) is 0 Å². The first kappa shape index (κ1) is 24.2. The van der Waals surface area contributed by atoms with E-state index in [1.165, 1.54) is 29.2 Å². The van der Waals surface area contributed by atoms with Gasteiger partial charge in [0.25, 0.3) is 5.91 Å². The van der Waals surface area contributed by atoms with Gasteiger partial charge in [-0.05, 0) is 35.9 Å². The molecule has 188 valence electrons. The number of amides is 1. The van der Waals surface area contributed by atoms with Gasteiger partial charge in [-0.25, -0.2) is 14.4 Å². The first-order valence-corrected chi connectivity index (χ1v) is 11.7. The standard InChI is InChI=1S/C26H24F4N4O2/c27-20-6-1-3-17(13-20)14-23-31-22-7-8-34(16-21(22)24(32-23)33-9-11-36-12-10-33)25(35)18-4-2-5-19(15-18)26(28,29)30/h1-6,13,15H,7-12,14,16H2. The highest BCUT2D eigenvalue weighted by molar-refractivity contribution is 5.94. The molecule has 36 heavy (non-hydrogen) atoms. The number of benzene rings is 2. The summed E-state index contributed by atoms with van der Waals surface area (Å²) in [4.78, 5) is 26.3. The number of ether oxygens (including phenoxy) is 1. The molecular formula is C26H24F4N4O2. The monoisotopic (exact) mass is 500 g/mol. The van der Waals surface area contributed by atoms with E-state index in [2.05, 4.69) is 4.90 Å². The van der Waals surface area contributed by atoms with Crippen molar-refractivity contribution in [1.82, 2.24) is 14.9 Å². The van der Waals surface area contributed by atoms with Crippen molar-refractivity contribution in [2.24, 2.45) is 0 Å². The van der Waals surface area contributed by atoms with Gasteiger partial charge < -0.3 is 14.5 Å². The maximum absolute atomic E-state index is 13.7. The average Bonchev–Trinajstić information content (AvgIpc) is 2.88. The molecule has 0 radical (unpaired) electrons. The van der Waals surface area contributed by atoms with Crippen molar-refractivity contribution in [3.05, 3.63) is 88.1 Å². The fourth-order valence-corrected chi connectivity index (χ4v) is 4.58. The normalized spacial score (nSPS) is 16.1. The lowest BCUT2D eigenvalue weighted by molar-refractivity contribution is -0.137. The Morgan fingerprint density at radius 2 is 1.78 bits per heavy atom. The minimum absolute atomic E-state index is 0.00941. The zero-order chi connectivity index (χ0) is 25.3. The van der Waals surface area contributed by atoms with Crippen LogP contribution in [0.5, 0.6) is 0 Å². The van der Waals surface area contributed by atoms with E-state index < -0.39 is 17.6 Å². The average molecular weight is 500 g/mol. The minimum Gasteiger partial charge on any atom is -0.378 e. The van der Waals surface area contributed by atoms with Crippen LogP contribution in [0.1, 0.15) is 38.6 Å². The number of morpholine rings is 1. The van der Waals surface area contributed by atoms with E-state index >= 15 is 0 Å². The van der Waals surface area contributed by atoms with Crippen LogP contribution >= 0.6 is 0 Å². The summed E-state index contributed by atoms with van der Waals surface area (Å²) in [5, 5.41) is 0. The second kappa shape index (κ2) is 9.85. The first-order valence-electron chi connectivity index (χ1n) is 11.7. The Bertz CT molecular complexity index is 1280. The molecule has 0 atom stereocenters. The number of nitrogens with zero attached hydrogens (tertiary/aromatic N) is 4. The van der Waals surface area contributed by atoms with Crippen molar-refractivity contribution >= 4 is 11.7 Å². The number of hydrogen-bond acceptors (Lipinski definition) is 5. The summed E-state index contributed by atoms with van der Waals surface area (Å²) in [6.45, 7) is 2.81. The smallest absolute Gasteiger partial charge is 0.378 e. The van der Waals surface area contributed by atoms with Crippen LogP contribution in [-0.4, -0.2) is 53.6 Å². The van der Waals surface area contributed by atoms with Crippen molar-refractivity contribution in [2.45, 2.75) is 25.6 Å². The van der Waals surface area contributed by atoms with Gasteiger partial charge in [-0.2, -0.15) is 13.2 Å². The highest BCUT2D eigenvalue weighted by Crippen LogP contribution is 2.32. The predicted molar refractivity (Wildman–Crippen MR) is 124 cm³/mol. The molecule has 6 nitrogen and oxygen atoms in total. The zero-order valence-electron chi connectivity index (χ0n) is 19.4. The number of halogens is 4. The fraction of sp³-hybridized carbons (Fsp3) is 0.346. The van der Waals surface area contributed by atoms with Crippen LogP contribution in [0.15, 0.2) is 48.5 Å². The van der Waals surface area contributed by atoms with Gasteiger partial charge in [0.05, 0.1) is 31.0 Å². The number of anilines is 1. The van der Waals surface area contributed by atoms with Crippen LogP contribution < -0.4 is 4.90 Å². The summed E-state index contributed by atoms with van der Waals surface area (Å²) in [5.74, 6) is 0.445. The molecule has 0 saturated carbocycles. The van der Waals surface area contributed by atoms with Crippen LogP contribution in [0.4, 0.5) is 23.4 Å². The summed E-state index contributed by atoms with van der Waals surface area (Å²) in [5.41, 5.74) is 1.47. The number of carbonyl (C=O) groups is 1. The lowest BCUT2D eigenvalue weighted by Crippen LogP contribution is -2.41. The molecule has 2 aromatic carbocycles. The molecule has 1 aromatic heterocycles. The molecule has 0 bridgehead atoms. The number of fused-ring (bicyclic) bond motifs is 1. The number of hydrogen-bond donors (Lipinski definition) is 0. The molecule has 2 aliphatic heterocycles. The Morgan fingerprint density at radius 1 is 1.00 bits per heavy atom. The van der Waals surface area contributed by atoms with E-state index in [0.717, 1.165) is 29.0 Å². The maximum Gasteiger partial charge on any atom is 0.416 e. The van der Waals surface area contributed by atoms with Crippen molar-refractivity contribution in [3.63, 3.8) is 0 Å². The summed E-state index contributed by atoms with van der Waals surface area (Å²) < 4.78 is 58.7. The number of rotatable bonds is 4. The highest BCUT2D eigenvalue weighted by Gasteiger charge is 2.33. The minimum atomic E-state index is -4.53. The Balaban J connectivity index is 1.46. The van der Waals surface area contributed by atoms with Gasteiger partial charge in [-0.15, -0.1) is 0 Å². The molecule has 0 spiro atoms.